The summed E-state index contributed by atoms with van der Waals surface area (Å²) < 4.78 is 32.8. The van der Waals surface area contributed by atoms with E-state index in [1.165, 1.54) is 4.90 Å². The number of rotatable bonds is 15. The van der Waals surface area contributed by atoms with Gasteiger partial charge in [-0.2, -0.15) is 0 Å². The zero-order valence-electron chi connectivity index (χ0n) is 23.8. The van der Waals surface area contributed by atoms with E-state index in [9.17, 15) is 18.0 Å². The number of anilines is 1. The molecule has 8 nitrogen and oxygen atoms in total. The van der Waals surface area contributed by atoms with Crippen molar-refractivity contribution in [3.05, 3.63) is 95.0 Å². The van der Waals surface area contributed by atoms with Crippen molar-refractivity contribution in [3.8, 4) is 5.75 Å². The van der Waals surface area contributed by atoms with E-state index in [2.05, 4.69) is 5.32 Å². The normalized spacial score (nSPS) is 11.9. The number of amides is 2. The molecule has 0 heterocycles. The third-order valence-corrected chi connectivity index (χ3v) is 8.01. The minimum Gasteiger partial charge on any atom is -0.492 e. The highest BCUT2D eigenvalue weighted by Crippen LogP contribution is 2.30. The highest BCUT2D eigenvalue weighted by atomic mass is 35.5. The van der Waals surface area contributed by atoms with E-state index in [4.69, 9.17) is 16.3 Å². The standard InChI is InChI=1S/C31H38ClN3O5S/c1-4-6-20-33-31(37)28(21-24-14-8-7-9-15-24)34(22-25-16-10-11-17-26(25)32)30(36)23-35(41(3,38)39)27-18-12-13-19-29(27)40-5-2/h7-19,28H,4-6,20-23H2,1-3H3,(H,33,37)/t28-/m0/s1. The number of unbranched alkanes of at least 4 members (excludes halogenated alkanes) is 1. The number of sulfonamides is 1. The summed E-state index contributed by atoms with van der Waals surface area (Å²) in [5, 5.41) is 3.40. The maximum absolute atomic E-state index is 14.2. The minimum atomic E-state index is -3.91. The van der Waals surface area contributed by atoms with Gasteiger partial charge in [0.2, 0.25) is 21.8 Å². The predicted octanol–water partition coefficient (Wildman–Crippen LogP) is 5.06. The molecular formula is C31H38ClN3O5S. The van der Waals surface area contributed by atoms with Crippen molar-refractivity contribution in [3.63, 3.8) is 0 Å². The molecule has 0 aromatic heterocycles. The number of carbonyl (C=O) groups excluding carboxylic acids is 2. The molecule has 0 bridgehead atoms. The number of ether oxygens (including phenoxy) is 1. The van der Waals surface area contributed by atoms with Crippen molar-refractivity contribution >= 4 is 39.1 Å². The van der Waals surface area contributed by atoms with Gasteiger partial charge in [-0.3, -0.25) is 13.9 Å². The quantitative estimate of drug-likeness (QED) is 0.246. The Kier molecular flexibility index (Phi) is 12.0. The number of hydrogen-bond donors (Lipinski definition) is 1. The maximum Gasteiger partial charge on any atom is 0.244 e. The van der Waals surface area contributed by atoms with Gasteiger partial charge in [-0.05, 0) is 42.7 Å². The monoisotopic (exact) mass is 599 g/mol. The van der Waals surface area contributed by atoms with Gasteiger partial charge in [0.1, 0.15) is 18.3 Å². The lowest BCUT2D eigenvalue weighted by Crippen LogP contribution is -2.53. The molecule has 0 aliphatic heterocycles. The first-order valence-corrected chi connectivity index (χ1v) is 15.9. The van der Waals surface area contributed by atoms with E-state index in [0.717, 1.165) is 29.0 Å². The van der Waals surface area contributed by atoms with Crippen molar-refractivity contribution in [2.45, 2.75) is 45.7 Å². The Morgan fingerprint density at radius 3 is 2.27 bits per heavy atom. The van der Waals surface area contributed by atoms with Crippen molar-refractivity contribution in [2.75, 3.05) is 30.3 Å². The lowest BCUT2D eigenvalue weighted by molar-refractivity contribution is -0.140. The van der Waals surface area contributed by atoms with Gasteiger partial charge >= 0.3 is 0 Å². The molecule has 0 aliphatic carbocycles. The van der Waals surface area contributed by atoms with Crippen LogP contribution in [0.5, 0.6) is 5.75 Å². The fourth-order valence-corrected chi connectivity index (χ4v) is 5.45. The number of carbonyl (C=O) groups is 2. The largest absolute Gasteiger partial charge is 0.492 e. The van der Waals surface area contributed by atoms with Crippen LogP contribution < -0.4 is 14.4 Å². The number of nitrogens with one attached hydrogen (secondary N) is 1. The highest BCUT2D eigenvalue weighted by molar-refractivity contribution is 7.92. The SMILES string of the molecule is CCCCNC(=O)[C@H](Cc1ccccc1)N(Cc1ccccc1Cl)C(=O)CN(c1ccccc1OCC)S(C)(=O)=O. The molecule has 3 aromatic rings. The van der Waals surface area contributed by atoms with E-state index < -0.39 is 28.5 Å². The van der Waals surface area contributed by atoms with Crippen LogP contribution in [0.15, 0.2) is 78.9 Å². The third-order valence-electron chi connectivity index (χ3n) is 6.51. The molecule has 0 radical (unpaired) electrons. The molecule has 0 saturated carbocycles. The number of halogens is 1. The molecule has 3 aromatic carbocycles. The Bertz CT molecular complexity index is 1400. The van der Waals surface area contributed by atoms with Crippen LogP contribution in [0, 0.1) is 0 Å². The summed E-state index contributed by atoms with van der Waals surface area (Å²) in [5.74, 6) is -0.527. The zero-order valence-corrected chi connectivity index (χ0v) is 25.3. The summed E-state index contributed by atoms with van der Waals surface area (Å²) in [6.07, 6.45) is 2.97. The van der Waals surface area contributed by atoms with Gasteiger partial charge in [0.05, 0.1) is 18.6 Å². The van der Waals surface area contributed by atoms with Crippen molar-refractivity contribution < 1.29 is 22.7 Å². The second kappa shape index (κ2) is 15.4. The van der Waals surface area contributed by atoms with E-state index in [1.807, 2.05) is 37.3 Å². The fraction of sp³-hybridized carbons (Fsp3) is 0.355. The molecule has 1 atom stereocenters. The number of nitrogens with zero attached hydrogens (tertiary/aromatic N) is 2. The molecule has 1 N–H and O–H groups in total. The van der Waals surface area contributed by atoms with Crippen LogP contribution in [0.4, 0.5) is 5.69 Å². The van der Waals surface area contributed by atoms with Crippen molar-refractivity contribution in [1.29, 1.82) is 0 Å². The Labute approximate surface area is 248 Å². The summed E-state index contributed by atoms with van der Waals surface area (Å²) in [4.78, 5) is 29.3. The Hall–Kier alpha value is -3.56. The van der Waals surface area contributed by atoms with E-state index >= 15 is 0 Å². The Balaban J connectivity index is 2.07. The molecule has 0 aliphatic rings. The molecule has 3 rings (SSSR count). The third kappa shape index (κ3) is 9.23. The minimum absolute atomic E-state index is 0.0158. The lowest BCUT2D eigenvalue weighted by atomic mass is 10.0. The maximum atomic E-state index is 14.2. The van der Waals surface area contributed by atoms with Gasteiger partial charge in [-0.25, -0.2) is 8.42 Å². The highest BCUT2D eigenvalue weighted by Gasteiger charge is 2.34. The topological polar surface area (TPSA) is 96.0 Å². The molecule has 2 amide bonds. The van der Waals surface area contributed by atoms with Gasteiger partial charge in [0.15, 0.2) is 0 Å². The first-order chi connectivity index (χ1) is 19.7. The van der Waals surface area contributed by atoms with Crippen LogP contribution >= 0.6 is 11.6 Å². The van der Waals surface area contributed by atoms with Crippen molar-refractivity contribution in [1.82, 2.24) is 10.2 Å². The smallest absolute Gasteiger partial charge is 0.244 e. The van der Waals surface area contributed by atoms with Crippen LogP contribution in [-0.2, 0) is 32.6 Å². The lowest BCUT2D eigenvalue weighted by Gasteiger charge is -2.34. The predicted molar refractivity (Wildman–Crippen MR) is 164 cm³/mol. The summed E-state index contributed by atoms with van der Waals surface area (Å²) in [5.41, 5.74) is 1.75. The first kappa shape index (κ1) is 32.0. The summed E-state index contributed by atoms with van der Waals surface area (Å²) in [7, 11) is -3.91. The first-order valence-electron chi connectivity index (χ1n) is 13.7. The Morgan fingerprint density at radius 2 is 1.61 bits per heavy atom. The van der Waals surface area contributed by atoms with Crippen molar-refractivity contribution in [2.24, 2.45) is 0 Å². The second-order valence-electron chi connectivity index (χ2n) is 9.63. The molecule has 10 heteroatoms. The second-order valence-corrected chi connectivity index (χ2v) is 11.9. The number of hydrogen-bond acceptors (Lipinski definition) is 5. The van der Waals surface area contributed by atoms with Gasteiger partial charge in [-0.1, -0.05) is 85.6 Å². The Morgan fingerprint density at radius 1 is 0.951 bits per heavy atom. The molecule has 0 saturated heterocycles. The van der Waals surface area contributed by atoms with Gasteiger partial charge in [-0.15, -0.1) is 0 Å². The van der Waals surface area contributed by atoms with Gasteiger partial charge in [0, 0.05) is 24.5 Å². The molecule has 0 unspecified atom stereocenters. The van der Waals surface area contributed by atoms with E-state index in [0.29, 0.717) is 29.5 Å². The van der Waals surface area contributed by atoms with E-state index in [-0.39, 0.29) is 24.6 Å². The molecule has 0 spiro atoms. The zero-order chi connectivity index (χ0) is 29.8. The molecular weight excluding hydrogens is 562 g/mol. The number of benzene rings is 3. The average Bonchev–Trinajstić information content (AvgIpc) is 2.95. The summed E-state index contributed by atoms with van der Waals surface area (Å²) in [6.45, 7) is 4.09. The van der Waals surface area contributed by atoms with Crippen LogP contribution in [-0.4, -0.2) is 57.1 Å². The van der Waals surface area contributed by atoms with Crippen LogP contribution in [0.2, 0.25) is 5.02 Å². The van der Waals surface area contributed by atoms with Crippen LogP contribution in [0.25, 0.3) is 0 Å². The van der Waals surface area contributed by atoms with Crippen LogP contribution in [0.1, 0.15) is 37.8 Å². The molecule has 220 valence electrons. The van der Waals surface area contributed by atoms with Gasteiger partial charge < -0.3 is 15.0 Å². The average molecular weight is 600 g/mol. The molecule has 41 heavy (non-hydrogen) atoms. The molecule has 0 fully saturated rings. The van der Waals surface area contributed by atoms with E-state index in [1.54, 1.807) is 55.5 Å². The van der Waals surface area contributed by atoms with Gasteiger partial charge in [0.25, 0.3) is 0 Å². The number of para-hydroxylation sites is 2. The fourth-order valence-electron chi connectivity index (χ4n) is 4.41. The van der Waals surface area contributed by atoms with Crippen LogP contribution in [0.3, 0.4) is 0 Å². The summed E-state index contributed by atoms with van der Waals surface area (Å²) >= 11 is 6.49. The summed E-state index contributed by atoms with van der Waals surface area (Å²) in [6, 6.07) is 22.3.